The summed E-state index contributed by atoms with van der Waals surface area (Å²) in [6.07, 6.45) is 1.54. The fraction of sp³-hybridized carbons (Fsp3) is 0.333. The fourth-order valence-electron chi connectivity index (χ4n) is 1.13. The van der Waals surface area contributed by atoms with Crippen molar-refractivity contribution in [2.45, 2.75) is 19.8 Å². The Hall–Kier alpha value is -1.31. The highest BCUT2D eigenvalue weighted by atomic mass is 16.5. The topological polar surface area (TPSA) is 26.3 Å². The van der Waals surface area contributed by atoms with Gasteiger partial charge in [-0.3, -0.25) is 0 Å². The van der Waals surface area contributed by atoms with Gasteiger partial charge in [0.25, 0.3) is 0 Å². The normalized spacial score (nSPS) is 9.86. The van der Waals surface area contributed by atoms with Gasteiger partial charge in [0.2, 0.25) is 0 Å². The van der Waals surface area contributed by atoms with Crippen molar-refractivity contribution in [2.24, 2.45) is 0 Å². The summed E-state index contributed by atoms with van der Waals surface area (Å²) in [5.41, 5.74) is 1.66. The van der Waals surface area contributed by atoms with Crippen LogP contribution in [0.1, 0.15) is 29.3 Å². The molecular weight excluding hydrogens is 176 g/mol. The Kier molecular flexibility index (Phi) is 4.17. The molecule has 0 spiro atoms. The van der Waals surface area contributed by atoms with Crippen LogP contribution in [-0.4, -0.2) is 12.6 Å². The molecule has 75 valence electrons. The Morgan fingerprint density at radius 1 is 1.50 bits per heavy atom. The maximum absolute atomic E-state index is 11.4. The van der Waals surface area contributed by atoms with Gasteiger partial charge >= 0.3 is 5.97 Å². The molecule has 0 fully saturated rings. The maximum Gasteiger partial charge on any atom is 0.338 e. The van der Waals surface area contributed by atoms with Crippen LogP contribution < -0.4 is 0 Å². The number of rotatable bonds is 4. The highest BCUT2D eigenvalue weighted by Crippen LogP contribution is 2.07. The van der Waals surface area contributed by atoms with Crippen molar-refractivity contribution >= 4 is 5.97 Å². The summed E-state index contributed by atoms with van der Waals surface area (Å²) in [5, 5.41) is 0. The van der Waals surface area contributed by atoms with Gasteiger partial charge in [0, 0.05) is 0 Å². The molecule has 0 unspecified atom stereocenters. The van der Waals surface area contributed by atoms with Crippen LogP contribution in [0.25, 0.3) is 0 Å². The molecule has 0 saturated heterocycles. The number of hydrogen-bond donors (Lipinski definition) is 0. The van der Waals surface area contributed by atoms with E-state index in [9.17, 15) is 4.79 Å². The van der Waals surface area contributed by atoms with E-state index in [0.717, 1.165) is 12.0 Å². The van der Waals surface area contributed by atoms with Crippen molar-refractivity contribution in [3.8, 4) is 0 Å². The van der Waals surface area contributed by atoms with Gasteiger partial charge in [-0.1, -0.05) is 19.1 Å². The monoisotopic (exact) mass is 191 g/mol. The molecule has 0 amide bonds. The maximum atomic E-state index is 11.4. The van der Waals surface area contributed by atoms with Crippen LogP contribution in [0.15, 0.2) is 24.3 Å². The number of carbonyl (C=O) groups excluding carboxylic acids is 1. The minimum Gasteiger partial charge on any atom is -0.462 e. The average Bonchev–Trinajstić information content (AvgIpc) is 2.26. The smallest absolute Gasteiger partial charge is 0.338 e. The van der Waals surface area contributed by atoms with E-state index in [1.165, 1.54) is 0 Å². The summed E-state index contributed by atoms with van der Waals surface area (Å²) in [5.74, 6) is -0.248. The van der Waals surface area contributed by atoms with Crippen LogP contribution in [-0.2, 0) is 11.2 Å². The SMILES string of the molecule is [CH2]Cc1cccc(C(=O)OCCC)c1. The van der Waals surface area contributed by atoms with Crippen LogP contribution in [0.3, 0.4) is 0 Å². The second-order valence-corrected chi connectivity index (χ2v) is 3.09. The molecule has 0 aliphatic heterocycles. The van der Waals surface area contributed by atoms with Crippen LogP contribution in [0.5, 0.6) is 0 Å². The Bertz CT molecular complexity index is 305. The lowest BCUT2D eigenvalue weighted by atomic mass is 10.1. The van der Waals surface area contributed by atoms with Crippen molar-refractivity contribution in [1.29, 1.82) is 0 Å². The summed E-state index contributed by atoms with van der Waals surface area (Å²) in [6.45, 7) is 6.22. The van der Waals surface area contributed by atoms with E-state index in [4.69, 9.17) is 4.74 Å². The first-order valence-corrected chi connectivity index (χ1v) is 4.83. The van der Waals surface area contributed by atoms with Crippen molar-refractivity contribution in [3.63, 3.8) is 0 Å². The van der Waals surface area contributed by atoms with Gasteiger partial charge in [-0.2, -0.15) is 0 Å². The first-order chi connectivity index (χ1) is 6.77. The summed E-state index contributed by atoms with van der Waals surface area (Å²) in [4.78, 5) is 11.4. The molecule has 1 radical (unpaired) electrons. The van der Waals surface area contributed by atoms with E-state index < -0.39 is 0 Å². The standard InChI is InChI=1S/C12H15O2/c1-3-8-14-12(13)11-7-5-6-10(4-2)9-11/h5-7,9H,2-4,8H2,1H3. The molecule has 1 aromatic rings. The van der Waals surface area contributed by atoms with E-state index in [1.807, 2.05) is 25.1 Å². The van der Waals surface area contributed by atoms with Crippen LogP contribution in [0, 0.1) is 6.92 Å². The Morgan fingerprint density at radius 2 is 2.29 bits per heavy atom. The molecule has 0 aromatic heterocycles. The summed E-state index contributed by atoms with van der Waals surface area (Å²) < 4.78 is 5.02. The van der Waals surface area contributed by atoms with Gasteiger partial charge in [-0.05, 0) is 37.5 Å². The van der Waals surface area contributed by atoms with E-state index in [0.29, 0.717) is 18.6 Å². The zero-order valence-corrected chi connectivity index (χ0v) is 8.45. The van der Waals surface area contributed by atoms with Crippen LogP contribution in [0.4, 0.5) is 0 Å². The second-order valence-electron chi connectivity index (χ2n) is 3.09. The Balaban J connectivity index is 2.69. The number of ether oxygens (including phenoxy) is 1. The molecule has 0 N–H and O–H groups in total. The van der Waals surface area contributed by atoms with Crippen LogP contribution in [0.2, 0.25) is 0 Å². The number of carbonyl (C=O) groups is 1. The van der Waals surface area contributed by atoms with Gasteiger partial charge in [-0.15, -0.1) is 0 Å². The van der Waals surface area contributed by atoms with E-state index >= 15 is 0 Å². The molecule has 14 heavy (non-hydrogen) atoms. The van der Waals surface area contributed by atoms with Crippen molar-refractivity contribution in [2.75, 3.05) is 6.61 Å². The third kappa shape index (κ3) is 2.87. The van der Waals surface area contributed by atoms with Gasteiger partial charge in [0.15, 0.2) is 0 Å². The lowest BCUT2D eigenvalue weighted by molar-refractivity contribution is 0.0505. The number of esters is 1. The lowest BCUT2D eigenvalue weighted by Crippen LogP contribution is -2.06. The Morgan fingerprint density at radius 3 is 2.93 bits per heavy atom. The predicted molar refractivity (Wildman–Crippen MR) is 56.1 cm³/mol. The van der Waals surface area contributed by atoms with E-state index in [1.54, 1.807) is 6.07 Å². The van der Waals surface area contributed by atoms with Crippen LogP contribution >= 0.6 is 0 Å². The fourth-order valence-corrected chi connectivity index (χ4v) is 1.13. The zero-order valence-electron chi connectivity index (χ0n) is 8.45. The van der Waals surface area contributed by atoms with E-state index in [2.05, 4.69) is 6.92 Å². The van der Waals surface area contributed by atoms with E-state index in [-0.39, 0.29) is 5.97 Å². The summed E-state index contributed by atoms with van der Waals surface area (Å²) in [7, 11) is 0. The number of benzene rings is 1. The molecule has 0 bridgehead atoms. The zero-order chi connectivity index (χ0) is 10.4. The van der Waals surface area contributed by atoms with Gasteiger partial charge < -0.3 is 4.74 Å². The van der Waals surface area contributed by atoms with Crippen molar-refractivity contribution < 1.29 is 9.53 Å². The quantitative estimate of drug-likeness (QED) is 0.684. The largest absolute Gasteiger partial charge is 0.462 e. The highest BCUT2D eigenvalue weighted by Gasteiger charge is 2.05. The molecule has 0 heterocycles. The molecule has 0 atom stereocenters. The minimum absolute atomic E-state index is 0.248. The third-order valence-electron chi connectivity index (χ3n) is 1.89. The lowest BCUT2D eigenvalue weighted by Gasteiger charge is -2.04. The third-order valence-corrected chi connectivity index (χ3v) is 1.89. The summed E-state index contributed by atoms with van der Waals surface area (Å²) in [6, 6.07) is 7.38. The molecule has 1 aromatic carbocycles. The minimum atomic E-state index is -0.248. The second kappa shape index (κ2) is 5.43. The summed E-state index contributed by atoms with van der Waals surface area (Å²) >= 11 is 0. The first-order valence-electron chi connectivity index (χ1n) is 4.83. The van der Waals surface area contributed by atoms with Crippen molar-refractivity contribution in [1.82, 2.24) is 0 Å². The van der Waals surface area contributed by atoms with Gasteiger partial charge in [0.1, 0.15) is 0 Å². The first kappa shape index (κ1) is 10.8. The Labute approximate surface area is 84.9 Å². The molecule has 2 nitrogen and oxygen atoms in total. The van der Waals surface area contributed by atoms with Gasteiger partial charge in [0.05, 0.1) is 12.2 Å². The van der Waals surface area contributed by atoms with Crippen molar-refractivity contribution in [3.05, 3.63) is 42.3 Å². The predicted octanol–water partition coefficient (Wildman–Crippen LogP) is 2.63. The average molecular weight is 191 g/mol. The van der Waals surface area contributed by atoms with Gasteiger partial charge in [-0.25, -0.2) is 4.79 Å². The highest BCUT2D eigenvalue weighted by molar-refractivity contribution is 5.89. The molecular formula is C12H15O2. The molecule has 0 saturated carbocycles. The molecule has 1 rings (SSSR count). The number of hydrogen-bond acceptors (Lipinski definition) is 2. The molecule has 2 heteroatoms. The molecule has 0 aliphatic carbocycles. The molecule has 0 aliphatic rings.